The smallest absolute Gasteiger partial charge is 0.0273 e. The lowest BCUT2D eigenvalue weighted by Crippen LogP contribution is -1.71. The summed E-state index contributed by atoms with van der Waals surface area (Å²) >= 11 is 1.71. The fraction of sp³-hybridized carbons (Fsp3) is 0. The van der Waals surface area contributed by atoms with Crippen LogP contribution in [0.4, 0.5) is 0 Å². The maximum Gasteiger partial charge on any atom is 0.0273 e. The van der Waals surface area contributed by atoms with Crippen molar-refractivity contribution in [2.45, 2.75) is 4.90 Å². The molecule has 0 saturated carbocycles. The highest BCUT2D eigenvalue weighted by Crippen LogP contribution is 2.19. The minimum atomic E-state index is 1.17. The number of benzene rings is 1. The van der Waals surface area contributed by atoms with E-state index in [4.69, 9.17) is 0 Å². The van der Waals surface area contributed by atoms with Crippen molar-refractivity contribution < 1.29 is 0 Å². The fourth-order valence-corrected chi connectivity index (χ4v) is 1.86. The molecule has 1 aromatic carbocycles. The van der Waals surface area contributed by atoms with Crippen molar-refractivity contribution >= 4 is 17.8 Å². The van der Waals surface area contributed by atoms with Crippen molar-refractivity contribution in [2.75, 3.05) is 0 Å². The number of rotatable bonds is 3. The average Bonchev–Trinajstić information content (AvgIpc) is 2.32. The summed E-state index contributed by atoms with van der Waals surface area (Å²) < 4.78 is 0. The maximum atomic E-state index is 3.97. The van der Waals surface area contributed by atoms with Crippen LogP contribution in [0.5, 0.6) is 0 Å². The van der Waals surface area contributed by atoms with E-state index in [2.05, 4.69) is 28.6 Å². The Bertz CT molecular complexity index is 423. The lowest BCUT2D eigenvalue weighted by atomic mass is 10.3. The lowest BCUT2D eigenvalue weighted by molar-refractivity contribution is 1.32. The van der Waals surface area contributed by atoms with E-state index in [-0.39, 0.29) is 0 Å². The molecule has 2 rings (SSSR count). The summed E-state index contributed by atoms with van der Waals surface area (Å²) in [5.41, 5.74) is 1.17. The van der Waals surface area contributed by atoms with Crippen molar-refractivity contribution in [3.63, 3.8) is 0 Å². The molecule has 0 amide bonds. The van der Waals surface area contributed by atoms with Gasteiger partial charge in [-0.05, 0) is 41.3 Å². The first-order chi connectivity index (χ1) is 7.45. The molecule has 2 heteroatoms. The number of nitrogens with zero attached hydrogens (tertiary/aromatic N) is 1. The Balaban J connectivity index is 1.97. The van der Waals surface area contributed by atoms with Crippen molar-refractivity contribution in [3.8, 4) is 0 Å². The lowest BCUT2D eigenvalue weighted by Gasteiger charge is -1.94. The summed E-state index contributed by atoms with van der Waals surface area (Å²) in [5.74, 6) is 0. The summed E-state index contributed by atoms with van der Waals surface area (Å²) in [6.07, 6.45) is 5.68. The van der Waals surface area contributed by atoms with Gasteiger partial charge in [0.1, 0.15) is 0 Å². The maximum absolute atomic E-state index is 3.97. The first-order valence-electron chi connectivity index (χ1n) is 4.73. The number of pyridine rings is 1. The van der Waals surface area contributed by atoms with Gasteiger partial charge in [-0.2, -0.15) is 0 Å². The van der Waals surface area contributed by atoms with E-state index >= 15 is 0 Å². The zero-order chi connectivity index (χ0) is 10.3. The Morgan fingerprint density at radius 3 is 2.40 bits per heavy atom. The Morgan fingerprint density at radius 1 is 0.933 bits per heavy atom. The quantitative estimate of drug-likeness (QED) is 0.718. The minimum Gasteiger partial charge on any atom is -0.265 e. The van der Waals surface area contributed by atoms with Crippen LogP contribution in [0.2, 0.25) is 0 Å². The second-order valence-corrected chi connectivity index (χ2v) is 3.99. The minimum absolute atomic E-state index is 1.17. The van der Waals surface area contributed by atoms with E-state index in [1.165, 1.54) is 10.5 Å². The van der Waals surface area contributed by atoms with E-state index < -0.39 is 0 Å². The molecule has 0 saturated heterocycles. The third-order valence-corrected chi connectivity index (χ3v) is 2.73. The summed E-state index contributed by atoms with van der Waals surface area (Å²) in [7, 11) is 0. The molecule has 74 valence electrons. The van der Waals surface area contributed by atoms with Gasteiger partial charge < -0.3 is 0 Å². The summed E-state index contributed by atoms with van der Waals surface area (Å²) in [6, 6.07) is 14.3. The largest absolute Gasteiger partial charge is 0.265 e. The molecule has 15 heavy (non-hydrogen) atoms. The van der Waals surface area contributed by atoms with Gasteiger partial charge in [0.25, 0.3) is 0 Å². The van der Waals surface area contributed by atoms with Crippen LogP contribution >= 0.6 is 11.8 Å². The molecule has 0 N–H and O–H groups in total. The van der Waals surface area contributed by atoms with Gasteiger partial charge in [0.15, 0.2) is 0 Å². The third-order valence-electron chi connectivity index (χ3n) is 1.91. The van der Waals surface area contributed by atoms with Gasteiger partial charge in [-0.25, -0.2) is 0 Å². The van der Waals surface area contributed by atoms with Gasteiger partial charge >= 0.3 is 0 Å². The molecule has 1 nitrogen and oxygen atoms in total. The highest BCUT2D eigenvalue weighted by molar-refractivity contribution is 8.02. The van der Waals surface area contributed by atoms with Gasteiger partial charge in [0.05, 0.1) is 0 Å². The molecule has 0 atom stereocenters. The SMILES string of the molecule is C(=C/c1ccncc1)/Sc1ccccc1. The number of thioether (sulfide) groups is 1. The van der Waals surface area contributed by atoms with Crippen LogP contribution in [0.15, 0.2) is 65.2 Å². The summed E-state index contributed by atoms with van der Waals surface area (Å²) in [5, 5.41) is 2.09. The average molecular weight is 213 g/mol. The molecule has 0 aliphatic heterocycles. The van der Waals surface area contributed by atoms with Gasteiger partial charge in [-0.15, -0.1) is 0 Å². The zero-order valence-corrected chi connectivity index (χ0v) is 9.02. The standard InChI is InChI=1S/C13H11NS/c1-2-4-13(5-3-1)15-11-8-12-6-9-14-10-7-12/h1-11H/b11-8-. The van der Waals surface area contributed by atoms with Crippen LogP contribution in [-0.4, -0.2) is 4.98 Å². The van der Waals surface area contributed by atoms with Gasteiger partial charge in [-0.1, -0.05) is 30.0 Å². The monoisotopic (exact) mass is 213 g/mol. The summed E-state index contributed by atoms with van der Waals surface area (Å²) in [6.45, 7) is 0. The van der Waals surface area contributed by atoms with Crippen molar-refractivity contribution in [1.29, 1.82) is 0 Å². The van der Waals surface area contributed by atoms with Crippen LogP contribution in [0.1, 0.15) is 5.56 Å². The van der Waals surface area contributed by atoms with Gasteiger partial charge in [0.2, 0.25) is 0 Å². The molecule has 0 bridgehead atoms. The Kier molecular flexibility index (Phi) is 3.58. The van der Waals surface area contributed by atoms with Crippen molar-refractivity contribution in [3.05, 3.63) is 65.8 Å². The molecule has 0 aliphatic carbocycles. The first-order valence-corrected chi connectivity index (χ1v) is 5.61. The van der Waals surface area contributed by atoms with E-state index in [1.54, 1.807) is 24.2 Å². The molecular weight excluding hydrogens is 202 g/mol. The third kappa shape index (κ3) is 3.26. The Labute approximate surface area is 93.9 Å². The first kappa shape index (κ1) is 9.99. The predicted molar refractivity (Wildman–Crippen MR) is 65.6 cm³/mol. The van der Waals surface area contributed by atoms with Crippen LogP contribution in [0, 0.1) is 0 Å². The van der Waals surface area contributed by atoms with E-state index in [1.807, 2.05) is 30.3 Å². The van der Waals surface area contributed by atoms with Gasteiger partial charge in [0, 0.05) is 17.3 Å². The number of hydrogen-bond acceptors (Lipinski definition) is 2. The molecule has 1 aromatic heterocycles. The van der Waals surface area contributed by atoms with Crippen molar-refractivity contribution in [1.82, 2.24) is 4.98 Å². The van der Waals surface area contributed by atoms with Crippen molar-refractivity contribution in [2.24, 2.45) is 0 Å². The Morgan fingerprint density at radius 2 is 1.67 bits per heavy atom. The highest BCUT2D eigenvalue weighted by Gasteiger charge is 1.87. The van der Waals surface area contributed by atoms with Crippen LogP contribution in [-0.2, 0) is 0 Å². The molecule has 0 unspecified atom stereocenters. The number of aromatic nitrogens is 1. The zero-order valence-electron chi connectivity index (χ0n) is 8.21. The van der Waals surface area contributed by atoms with Crippen LogP contribution in [0.25, 0.3) is 6.08 Å². The van der Waals surface area contributed by atoms with E-state index in [0.717, 1.165) is 0 Å². The fourth-order valence-electron chi connectivity index (χ4n) is 1.16. The second kappa shape index (κ2) is 5.37. The topological polar surface area (TPSA) is 12.9 Å². The molecule has 0 spiro atoms. The molecule has 1 heterocycles. The molecule has 0 aliphatic rings. The second-order valence-electron chi connectivity index (χ2n) is 3.01. The van der Waals surface area contributed by atoms with E-state index in [0.29, 0.717) is 0 Å². The molecular formula is C13H11NS. The Hall–Kier alpha value is -1.54. The van der Waals surface area contributed by atoms with Crippen LogP contribution in [0.3, 0.4) is 0 Å². The molecule has 2 aromatic rings. The molecule has 0 fully saturated rings. The van der Waals surface area contributed by atoms with E-state index in [9.17, 15) is 0 Å². The highest BCUT2D eigenvalue weighted by atomic mass is 32.2. The normalized spacial score (nSPS) is 10.7. The number of hydrogen-bond donors (Lipinski definition) is 0. The van der Waals surface area contributed by atoms with Gasteiger partial charge in [-0.3, -0.25) is 4.98 Å². The van der Waals surface area contributed by atoms with Crippen LogP contribution < -0.4 is 0 Å². The molecule has 0 radical (unpaired) electrons. The predicted octanol–water partition coefficient (Wildman–Crippen LogP) is 3.84. The summed E-state index contributed by atoms with van der Waals surface area (Å²) in [4.78, 5) is 5.22.